The summed E-state index contributed by atoms with van der Waals surface area (Å²) in [5.74, 6) is 1.71. The van der Waals surface area contributed by atoms with Gasteiger partial charge in [0.25, 0.3) is 0 Å². The second-order valence-electron chi connectivity index (χ2n) is 3.82. The number of anilines is 1. The molecule has 0 radical (unpaired) electrons. The fourth-order valence-corrected chi connectivity index (χ4v) is 1.53. The number of hydrogen-bond donors (Lipinski definition) is 2. The van der Waals surface area contributed by atoms with Crippen LogP contribution >= 0.6 is 24.0 Å². The summed E-state index contributed by atoms with van der Waals surface area (Å²) in [6, 6.07) is 5.48. The molecule has 0 aromatic heterocycles. The third-order valence-electron chi connectivity index (χ3n) is 2.47. The van der Waals surface area contributed by atoms with Gasteiger partial charge in [0.15, 0.2) is 17.5 Å². The van der Waals surface area contributed by atoms with E-state index in [4.69, 9.17) is 15.2 Å². The van der Waals surface area contributed by atoms with E-state index in [1.807, 2.05) is 37.3 Å². The number of allylic oxidation sites excluding steroid dienone is 1. The first-order valence-corrected chi connectivity index (χ1v) is 6.11. The molecule has 0 aliphatic heterocycles. The van der Waals surface area contributed by atoms with Crippen LogP contribution in [0.4, 0.5) is 5.69 Å². The summed E-state index contributed by atoms with van der Waals surface area (Å²) in [7, 11) is 3.19. The van der Waals surface area contributed by atoms with Gasteiger partial charge in [0, 0.05) is 18.3 Å². The molecule has 5 nitrogen and oxygen atoms in total. The van der Waals surface area contributed by atoms with Gasteiger partial charge in [0.05, 0.1) is 14.2 Å². The highest BCUT2D eigenvalue weighted by atomic mass is 127. The number of methoxy groups -OCH3 is 2. The Morgan fingerprint density at radius 1 is 1.30 bits per heavy atom. The molecule has 0 saturated carbocycles. The number of rotatable bonds is 6. The highest BCUT2D eigenvalue weighted by Gasteiger charge is 2.04. The number of halogens is 1. The van der Waals surface area contributed by atoms with Crippen molar-refractivity contribution in [2.45, 2.75) is 13.3 Å². The Balaban J connectivity index is 0.00000361. The van der Waals surface area contributed by atoms with Gasteiger partial charge < -0.3 is 20.5 Å². The first kappa shape index (κ1) is 18.6. The summed E-state index contributed by atoms with van der Waals surface area (Å²) in [4.78, 5) is 4.22. The molecule has 1 aromatic carbocycles. The number of nitrogens with two attached hydrogens (primary N) is 1. The van der Waals surface area contributed by atoms with Crippen molar-refractivity contribution in [3.05, 3.63) is 30.4 Å². The van der Waals surface area contributed by atoms with Crippen molar-refractivity contribution < 1.29 is 9.47 Å². The zero-order valence-electron chi connectivity index (χ0n) is 12.1. The van der Waals surface area contributed by atoms with Crippen LogP contribution in [0.1, 0.15) is 13.3 Å². The monoisotopic (exact) mass is 391 g/mol. The highest BCUT2D eigenvalue weighted by Crippen LogP contribution is 2.29. The molecule has 3 N–H and O–H groups in total. The molecular weight excluding hydrogens is 369 g/mol. The minimum Gasteiger partial charge on any atom is -0.493 e. The standard InChI is InChI=1S/C14H21N3O2.HI/c1-4-5-6-9-16-14(15)17-11-7-8-12(18-2)13(10-11)19-3;/h4-5,7-8,10H,6,9H2,1-3H3,(H3,15,16,17);1H. The molecule has 0 spiro atoms. The molecule has 20 heavy (non-hydrogen) atoms. The van der Waals surface area contributed by atoms with Crippen LogP contribution in [0.5, 0.6) is 11.5 Å². The number of guanidine groups is 1. The minimum atomic E-state index is 0. The molecule has 1 rings (SSSR count). The molecule has 0 unspecified atom stereocenters. The van der Waals surface area contributed by atoms with Gasteiger partial charge in [0.2, 0.25) is 0 Å². The molecule has 0 fully saturated rings. The van der Waals surface area contributed by atoms with E-state index < -0.39 is 0 Å². The Bertz CT molecular complexity index is 462. The Morgan fingerprint density at radius 3 is 2.60 bits per heavy atom. The third kappa shape index (κ3) is 6.14. The van der Waals surface area contributed by atoms with E-state index in [0.29, 0.717) is 24.0 Å². The summed E-state index contributed by atoms with van der Waals surface area (Å²) in [5.41, 5.74) is 6.60. The molecular formula is C14H22IN3O2. The van der Waals surface area contributed by atoms with E-state index >= 15 is 0 Å². The van der Waals surface area contributed by atoms with Crippen LogP contribution in [0.2, 0.25) is 0 Å². The Hall–Kier alpha value is -1.44. The normalized spacial score (nSPS) is 11.1. The second-order valence-corrected chi connectivity index (χ2v) is 3.82. The van der Waals surface area contributed by atoms with Gasteiger partial charge in [-0.15, -0.1) is 24.0 Å². The number of ether oxygens (including phenoxy) is 2. The van der Waals surface area contributed by atoms with Crippen molar-refractivity contribution >= 4 is 35.6 Å². The maximum absolute atomic E-state index is 5.79. The number of aliphatic imine (C=N–C) groups is 1. The lowest BCUT2D eigenvalue weighted by Crippen LogP contribution is -2.22. The van der Waals surface area contributed by atoms with Gasteiger partial charge in [-0.2, -0.15) is 0 Å². The number of nitrogens with zero attached hydrogens (tertiary/aromatic N) is 1. The lowest BCUT2D eigenvalue weighted by atomic mass is 10.3. The van der Waals surface area contributed by atoms with E-state index in [1.54, 1.807) is 14.2 Å². The SMILES string of the molecule is CC=CCCN=C(N)Nc1ccc(OC)c(OC)c1.I. The molecule has 0 heterocycles. The van der Waals surface area contributed by atoms with Crippen LogP contribution in [-0.2, 0) is 0 Å². The highest BCUT2D eigenvalue weighted by molar-refractivity contribution is 14.0. The van der Waals surface area contributed by atoms with E-state index in [0.717, 1.165) is 12.1 Å². The summed E-state index contributed by atoms with van der Waals surface area (Å²) >= 11 is 0. The second kappa shape index (κ2) is 10.4. The topological polar surface area (TPSA) is 68.9 Å². The lowest BCUT2D eigenvalue weighted by molar-refractivity contribution is 0.355. The van der Waals surface area contributed by atoms with Crippen LogP contribution in [0, 0.1) is 0 Å². The van der Waals surface area contributed by atoms with E-state index in [1.165, 1.54) is 0 Å². The molecule has 1 aromatic rings. The summed E-state index contributed by atoms with van der Waals surface area (Å²) in [6.45, 7) is 2.64. The van der Waals surface area contributed by atoms with Crippen molar-refractivity contribution in [3.8, 4) is 11.5 Å². The Morgan fingerprint density at radius 2 is 2.00 bits per heavy atom. The van der Waals surface area contributed by atoms with Crippen LogP contribution in [0.25, 0.3) is 0 Å². The average Bonchev–Trinajstić information content (AvgIpc) is 2.43. The minimum absolute atomic E-state index is 0. The van der Waals surface area contributed by atoms with E-state index in [2.05, 4.69) is 10.3 Å². The van der Waals surface area contributed by atoms with Crippen LogP contribution in [0.3, 0.4) is 0 Å². The number of hydrogen-bond acceptors (Lipinski definition) is 3. The largest absolute Gasteiger partial charge is 0.493 e. The molecule has 0 amide bonds. The van der Waals surface area contributed by atoms with Crippen molar-refractivity contribution in [1.82, 2.24) is 0 Å². The van der Waals surface area contributed by atoms with E-state index in [-0.39, 0.29) is 24.0 Å². The van der Waals surface area contributed by atoms with Gasteiger partial charge in [-0.3, -0.25) is 4.99 Å². The van der Waals surface area contributed by atoms with Gasteiger partial charge in [-0.25, -0.2) is 0 Å². The van der Waals surface area contributed by atoms with E-state index in [9.17, 15) is 0 Å². The fraction of sp³-hybridized carbons (Fsp3) is 0.357. The van der Waals surface area contributed by atoms with Crippen LogP contribution in [0.15, 0.2) is 35.3 Å². The third-order valence-corrected chi connectivity index (χ3v) is 2.47. The molecule has 0 aliphatic carbocycles. The Labute approximate surface area is 137 Å². The molecule has 0 atom stereocenters. The first-order chi connectivity index (χ1) is 9.21. The summed E-state index contributed by atoms with van der Waals surface area (Å²) in [5, 5.41) is 3.01. The summed E-state index contributed by atoms with van der Waals surface area (Å²) < 4.78 is 10.4. The lowest BCUT2D eigenvalue weighted by Gasteiger charge is -2.10. The zero-order chi connectivity index (χ0) is 14.1. The maximum Gasteiger partial charge on any atom is 0.193 e. The maximum atomic E-state index is 5.79. The van der Waals surface area contributed by atoms with Crippen molar-refractivity contribution in [2.75, 3.05) is 26.1 Å². The molecule has 0 saturated heterocycles. The van der Waals surface area contributed by atoms with Crippen molar-refractivity contribution in [2.24, 2.45) is 10.7 Å². The van der Waals surface area contributed by atoms with Crippen molar-refractivity contribution in [3.63, 3.8) is 0 Å². The number of benzene rings is 1. The van der Waals surface area contributed by atoms with Crippen molar-refractivity contribution in [1.29, 1.82) is 0 Å². The molecule has 0 bridgehead atoms. The number of nitrogens with one attached hydrogen (secondary N) is 1. The molecule has 0 aliphatic rings. The molecule has 6 heteroatoms. The van der Waals surface area contributed by atoms with Gasteiger partial charge in [-0.1, -0.05) is 12.2 Å². The van der Waals surface area contributed by atoms with Crippen LogP contribution < -0.4 is 20.5 Å². The smallest absolute Gasteiger partial charge is 0.193 e. The summed E-state index contributed by atoms with van der Waals surface area (Å²) in [6.07, 6.45) is 4.92. The van der Waals surface area contributed by atoms with Gasteiger partial charge >= 0.3 is 0 Å². The van der Waals surface area contributed by atoms with Gasteiger partial charge in [0.1, 0.15) is 0 Å². The average molecular weight is 391 g/mol. The molecule has 112 valence electrons. The van der Waals surface area contributed by atoms with Crippen LogP contribution in [-0.4, -0.2) is 26.7 Å². The predicted molar refractivity (Wildman–Crippen MR) is 94.5 cm³/mol. The first-order valence-electron chi connectivity index (χ1n) is 6.11. The zero-order valence-corrected chi connectivity index (χ0v) is 14.4. The Kier molecular flexibility index (Phi) is 9.61. The quantitative estimate of drug-likeness (QED) is 0.257. The van der Waals surface area contributed by atoms with Gasteiger partial charge in [-0.05, 0) is 25.5 Å². The fourth-order valence-electron chi connectivity index (χ4n) is 1.53. The predicted octanol–water partition coefficient (Wildman–Crippen LogP) is 3.01.